The van der Waals surface area contributed by atoms with Crippen LogP contribution in [0, 0.1) is 0 Å². The number of rotatable bonds is 6. The van der Waals surface area contributed by atoms with Crippen LogP contribution < -0.4 is 0 Å². The Bertz CT molecular complexity index is 9800. The molecule has 9 heteroatoms. The maximum absolute atomic E-state index is 2.53. The van der Waals surface area contributed by atoms with Crippen LogP contribution in [0.25, 0.3) is 204 Å². The van der Waals surface area contributed by atoms with Crippen LogP contribution in [0.1, 0.15) is 125 Å². The van der Waals surface area contributed by atoms with Crippen molar-refractivity contribution in [2.75, 3.05) is 0 Å². The van der Waals surface area contributed by atoms with Gasteiger partial charge >= 0.3 is 0 Å². The van der Waals surface area contributed by atoms with Crippen molar-refractivity contribution in [1.29, 1.82) is 0 Å². The van der Waals surface area contributed by atoms with Gasteiger partial charge in [-0.25, -0.2) is 0 Å². The number of fused-ring (bicyclic) bond motifs is 34. The van der Waals surface area contributed by atoms with Gasteiger partial charge in [-0.05, 0) is 189 Å². The first kappa shape index (κ1) is 78.8. The van der Waals surface area contributed by atoms with Gasteiger partial charge in [0, 0.05) is 150 Å². The van der Waals surface area contributed by atoms with E-state index in [9.17, 15) is 0 Å². The van der Waals surface area contributed by atoms with Crippen molar-refractivity contribution < 1.29 is 0 Å². The second-order valence-corrected chi connectivity index (χ2v) is 41.6. The summed E-state index contributed by atoms with van der Waals surface area (Å²) in [6, 6.07) is 143. The van der Waals surface area contributed by atoms with Gasteiger partial charge in [-0.1, -0.05) is 330 Å². The molecule has 0 N–H and O–H groups in total. The van der Waals surface area contributed by atoms with Gasteiger partial charge < -0.3 is 41.1 Å². The highest BCUT2D eigenvalue weighted by Crippen LogP contribution is 2.57. The molecule has 5 aliphatic heterocycles. The van der Waals surface area contributed by atoms with E-state index in [1.807, 2.05) is 0 Å². The second-order valence-electron chi connectivity index (χ2n) is 41.6. The van der Waals surface area contributed by atoms with Gasteiger partial charge in [0.1, 0.15) is 0 Å². The number of para-hydroxylation sites is 12. The van der Waals surface area contributed by atoms with Crippen LogP contribution >= 0.6 is 0 Å². The summed E-state index contributed by atoms with van der Waals surface area (Å²) in [7, 11) is 0. The standard InChI is InChI=1S/C49H35N3.2C40H31N3/c1-49(2)42-16-8-11-19-46(42)50-31-41-39-15-7-10-18-44(39)52(47(41)48(49)50)37-27-24-33(25-28-37)32-20-22-34(23-21-32)35-26-29-45-40(30-35)38-14-6-9-17-43(38)51(45)36-12-4-3-5-13-36;1-39(2)30-16-11-14-27-25-12-5-9-18-33(25)43(36(27)30)35-21-20-24(22-31(35)39)42-32-17-8-6-13-26(32)28-23-41-34-19-10-7-15-29(34)40(3,4)38(41)37(28)42;1-39(2)30-15-7-10-19-35(30)43-33-21-20-24(22-27(33)26-13-11-16-31(39)36(26)43)42-32-17-8-5-12-25(32)28-23-41-34-18-9-6-14-29(34)40(3,4)38(41)37(28)42/h3-31H,1-2H3;2*5-23H,1-4H3. The molecule has 0 radical (unpaired) electrons. The molecule has 9 nitrogen and oxygen atoms in total. The van der Waals surface area contributed by atoms with Gasteiger partial charge in [0.2, 0.25) is 0 Å². The quantitative estimate of drug-likeness (QED) is 0.159. The van der Waals surface area contributed by atoms with Gasteiger partial charge in [-0.15, -0.1) is 0 Å². The average Bonchev–Trinajstić information content (AvgIpc) is 1.55. The van der Waals surface area contributed by atoms with Crippen LogP contribution in [0.5, 0.6) is 0 Å². The van der Waals surface area contributed by atoms with Gasteiger partial charge in [0.25, 0.3) is 0 Å². The summed E-state index contributed by atoms with van der Waals surface area (Å²) in [6.45, 7) is 23.7. The highest BCUT2D eigenvalue weighted by Gasteiger charge is 2.45. The minimum Gasteiger partial charge on any atom is -0.317 e. The number of nitrogens with zero attached hydrogens (tertiary/aromatic N) is 9. The summed E-state index contributed by atoms with van der Waals surface area (Å²) in [5.41, 5.74) is 44.5. The van der Waals surface area contributed by atoms with E-state index in [0.29, 0.717) is 0 Å². The van der Waals surface area contributed by atoms with Crippen LogP contribution in [-0.4, -0.2) is 41.1 Å². The van der Waals surface area contributed by atoms with Gasteiger partial charge in [0.05, 0.1) is 94.7 Å². The topological polar surface area (TPSA) is 44.4 Å². The summed E-state index contributed by atoms with van der Waals surface area (Å²) in [5, 5.41) is 15.6. The first-order chi connectivity index (χ1) is 67.3. The molecule has 0 unspecified atom stereocenters. The zero-order chi connectivity index (χ0) is 92.2. The molecule has 5 aliphatic rings. The largest absolute Gasteiger partial charge is 0.317 e. The molecule has 0 atom stereocenters. The highest BCUT2D eigenvalue weighted by molar-refractivity contribution is 6.18. The summed E-state index contributed by atoms with van der Waals surface area (Å²) >= 11 is 0. The fraction of sp³-hybridized carbons (Fsp3) is 0.116. The zero-order valence-electron chi connectivity index (χ0n) is 78.7. The highest BCUT2D eigenvalue weighted by atomic mass is 15.1. The Morgan fingerprint density at radius 3 is 0.913 bits per heavy atom. The Balaban J connectivity index is 0.000000100. The van der Waals surface area contributed by atoms with E-state index >= 15 is 0 Å². The number of aromatic nitrogens is 9. The molecule has 31 rings (SSSR count). The van der Waals surface area contributed by atoms with E-state index in [4.69, 9.17) is 0 Å². The van der Waals surface area contributed by atoms with Crippen molar-refractivity contribution in [3.8, 4) is 73.4 Å². The summed E-state index contributed by atoms with van der Waals surface area (Å²) < 4.78 is 22.2. The summed E-state index contributed by atoms with van der Waals surface area (Å²) in [6.07, 6.45) is 7.10. The van der Waals surface area contributed by atoms with Crippen LogP contribution in [0.3, 0.4) is 0 Å². The molecule has 0 aliphatic carbocycles. The first-order valence-electron chi connectivity index (χ1n) is 48.7. The molecule has 0 saturated heterocycles. The van der Waals surface area contributed by atoms with Crippen LogP contribution in [-0.2, 0) is 27.1 Å². The summed E-state index contributed by atoms with van der Waals surface area (Å²) in [4.78, 5) is 0. The van der Waals surface area contributed by atoms with E-state index in [0.717, 1.165) is 0 Å². The Morgan fingerprint density at radius 1 is 0.152 bits per heavy atom. The van der Waals surface area contributed by atoms with Gasteiger partial charge in [0.15, 0.2) is 0 Å². The van der Waals surface area contributed by atoms with Crippen molar-refractivity contribution in [3.63, 3.8) is 0 Å². The van der Waals surface area contributed by atoms with Crippen molar-refractivity contribution in [2.45, 2.75) is 96.3 Å². The molecule has 0 saturated carbocycles. The number of hydrogen-bond donors (Lipinski definition) is 0. The number of benzene rings is 17. The molecule has 9 aromatic heterocycles. The smallest absolute Gasteiger partial charge is 0.0763 e. The van der Waals surface area contributed by atoms with Crippen molar-refractivity contribution >= 4 is 131 Å². The van der Waals surface area contributed by atoms with Crippen molar-refractivity contribution in [3.05, 3.63) is 463 Å². The van der Waals surface area contributed by atoms with Crippen molar-refractivity contribution in [2.24, 2.45) is 0 Å². The molecule has 138 heavy (non-hydrogen) atoms. The minimum absolute atomic E-state index is 0.0697. The Morgan fingerprint density at radius 2 is 0.435 bits per heavy atom. The number of hydrogen-bond acceptors (Lipinski definition) is 0. The molecule has 0 fully saturated rings. The van der Waals surface area contributed by atoms with E-state index in [2.05, 4.69) is 517 Å². The molecular formula is C129H97N9. The fourth-order valence-electron chi connectivity index (χ4n) is 26.2. The molecule has 26 aromatic rings. The van der Waals surface area contributed by atoms with Crippen molar-refractivity contribution in [1.82, 2.24) is 41.1 Å². The molecular weight excluding hydrogens is 1680 g/mol. The molecule has 17 aromatic carbocycles. The van der Waals surface area contributed by atoms with E-state index in [-0.39, 0.29) is 27.1 Å². The van der Waals surface area contributed by atoms with Gasteiger partial charge in [-0.2, -0.15) is 0 Å². The average molecular weight is 1770 g/mol. The zero-order valence-corrected chi connectivity index (χ0v) is 78.7. The maximum Gasteiger partial charge on any atom is 0.0763 e. The summed E-state index contributed by atoms with van der Waals surface area (Å²) in [5.74, 6) is 0. The first-order valence-corrected chi connectivity index (χ1v) is 48.7. The SMILES string of the molecule is CC1(C)c2cc(-n3c4ccccc4c4cn5c(c43)C(C)(C)c3ccccc3-5)ccc2-n2c3ccccc3c3cccc1c32.CC1(C)c2ccccc2-n2c3ccc(-n4c5ccccc5c5cn6c(c54)C(C)(C)c4ccccc4-6)cc3c3cccc1c32.CC1(C)c2ccccc2-n2cc3c4ccccc4n(-c4ccc(-c5ccc(-c6ccc7c(c6)c6ccccc6n7-c6ccccc6)cc5)cc4)c3c21. The van der Waals surface area contributed by atoms with Crippen LogP contribution in [0.4, 0.5) is 0 Å². The maximum atomic E-state index is 2.53. The van der Waals surface area contributed by atoms with E-state index in [1.165, 1.54) is 260 Å². The third kappa shape index (κ3) is 10.4. The Labute approximate surface area is 799 Å². The second kappa shape index (κ2) is 27.8. The van der Waals surface area contributed by atoms with Crippen LogP contribution in [0.15, 0.2) is 407 Å². The minimum atomic E-state index is -0.157. The molecule has 0 bridgehead atoms. The predicted molar refractivity (Wildman–Crippen MR) is 575 cm³/mol. The molecule has 0 amide bonds. The third-order valence-electron chi connectivity index (χ3n) is 32.6. The normalized spacial score (nSPS) is 14.9. The van der Waals surface area contributed by atoms with E-state index < -0.39 is 0 Å². The van der Waals surface area contributed by atoms with Crippen LogP contribution in [0.2, 0.25) is 0 Å². The molecule has 14 heterocycles. The Hall–Kier alpha value is -16.6. The lowest BCUT2D eigenvalue weighted by molar-refractivity contribution is 0.629. The monoisotopic (exact) mass is 1770 g/mol. The third-order valence-corrected chi connectivity index (χ3v) is 32.6. The van der Waals surface area contributed by atoms with Gasteiger partial charge in [-0.3, -0.25) is 0 Å². The fourth-order valence-corrected chi connectivity index (χ4v) is 26.2. The van der Waals surface area contributed by atoms with E-state index in [1.54, 1.807) is 0 Å². The molecule has 658 valence electrons. The lowest BCUT2D eigenvalue weighted by Gasteiger charge is -2.35. The molecule has 0 spiro atoms. The lowest BCUT2D eigenvalue weighted by atomic mass is 9.74. The lowest BCUT2D eigenvalue weighted by Crippen LogP contribution is -2.26. The Kier molecular flexibility index (Phi) is 15.9. The predicted octanol–water partition coefficient (Wildman–Crippen LogP) is 32.5.